The van der Waals surface area contributed by atoms with Crippen molar-refractivity contribution in [2.75, 3.05) is 6.54 Å². The van der Waals surface area contributed by atoms with Gasteiger partial charge in [-0.2, -0.15) is 0 Å². The van der Waals surface area contributed by atoms with Crippen molar-refractivity contribution >= 4 is 5.91 Å². The number of aromatic nitrogens is 3. The van der Waals surface area contributed by atoms with E-state index in [0.717, 1.165) is 17.7 Å². The van der Waals surface area contributed by atoms with E-state index in [-0.39, 0.29) is 0 Å². The molecule has 0 unspecified atom stereocenters. The molecule has 0 saturated carbocycles. The Kier molecular flexibility index (Phi) is 4.62. The van der Waals surface area contributed by atoms with E-state index in [1.165, 1.54) is 11.0 Å². The summed E-state index contributed by atoms with van der Waals surface area (Å²) < 4.78 is 33.4. The highest BCUT2D eigenvalue weighted by Crippen LogP contribution is 2.34. The summed E-state index contributed by atoms with van der Waals surface area (Å²) in [7, 11) is 0. The Balaban J connectivity index is 1.70. The number of rotatable bonds is 3. The molecule has 0 N–H and O–H groups in total. The minimum Gasteiger partial charge on any atom is -0.361 e. The molecule has 0 bridgehead atoms. The predicted molar refractivity (Wildman–Crippen MR) is 96.4 cm³/mol. The molecule has 4 rings (SSSR count). The van der Waals surface area contributed by atoms with Crippen LogP contribution in [0.2, 0.25) is 0 Å². The first-order valence-corrected chi connectivity index (χ1v) is 8.97. The van der Waals surface area contributed by atoms with Crippen LogP contribution in [-0.2, 0) is 0 Å². The lowest BCUT2D eigenvalue weighted by atomic mass is 10.1. The molecule has 3 aromatic rings. The molecule has 3 heterocycles. The summed E-state index contributed by atoms with van der Waals surface area (Å²) in [4.78, 5) is 23.2. The number of hydrogen-bond donors (Lipinski definition) is 0. The lowest BCUT2D eigenvalue weighted by molar-refractivity contribution is 0.0723. The van der Waals surface area contributed by atoms with Crippen LogP contribution in [0.5, 0.6) is 0 Å². The van der Waals surface area contributed by atoms with Crippen molar-refractivity contribution in [3.8, 4) is 11.3 Å². The van der Waals surface area contributed by atoms with Crippen LogP contribution in [0.25, 0.3) is 11.3 Å². The second-order valence-electron chi connectivity index (χ2n) is 6.78. The number of likely N-dealkylation sites (tertiary alicyclic amines) is 1. The number of hydrogen-bond acceptors (Lipinski definition) is 5. The first-order chi connectivity index (χ1) is 13.5. The molecule has 144 valence electrons. The highest BCUT2D eigenvalue weighted by molar-refractivity contribution is 5.95. The van der Waals surface area contributed by atoms with Crippen LogP contribution in [-0.4, -0.2) is 32.5 Å². The normalized spacial score (nSPS) is 16.6. The van der Waals surface area contributed by atoms with Gasteiger partial charge in [-0.1, -0.05) is 11.2 Å². The van der Waals surface area contributed by atoms with Crippen LogP contribution >= 0.6 is 0 Å². The van der Waals surface area contributed by atoms with Crippen molar-refractivity contribution in [3.05, 3.63) is 64.9 Å². The predicted octanol–water partition coefficient (Wildman–Crippen LogP) is 4.00. The molecule has 6 nitrogen and oxygen atoms in total. The number of aryl methyl sites for hydroxylation is 2. The average Bonchev–Trinajstić information content (AvgIpc) is 3.28. The molecule has 0 aliphatic carbocycles. The number of amides is 1. The maximum absolute atomic E-state index is 14.1. The summed E-state index contributed by atoms with van der Waals surface area (Å²) in [6.45, 7) is 4.00. The SMILES string of the molecule is Cc1noc(C)c1-c1cncc([C@@H]2CCCN2C(=O)c2c(F)cccc2F)n1. The van der Waals surface area contributed by atoms with Crippen LogP contribution in [0.1, 0.15) is 46.4 Å². The molecule has 0 radical (unpaired) electrons. The third-order valence-corrected chi connectivity index (χ3v) is 4.97. The zero-order valence-corrected chi connectivity index (χ0v) is 15.4. The second kappa shape index (κ2) is 7.10. The van der Waals surface area contributed by atoms with Gasteiger partial charge in [0, 0.05) is 6.54 Å². The molecule has 0 spiro atoms. The van der Waals surface area contributed by atoms with Crippen LogP contribution in [0, 0.1) is 25.5 Å². The third-order valence-electron chi connectivity index (χ3n) is 4.97. The highest BCUT2D eigenvalue weighted by atomic mass is 19.1. The quantitative estimate of drug-likeness (QED) is 0.682. The van der Waals surface area contributed by atoms with Gasteiger partial charge in [-0.3, -0.25) is 9.78 Å². The maximum Gasteiger partial charge on any atom is 0.260 e. The van der Waals surface area contributed by atoms with Crippen molar-refractivity contribution in [1.29, 1.82) is 0 Å². The molecule has 2 aromatic heterocycles. The standard InChI is InChI=1S/C20H18F2N4O2/c1-11-18(12(2)28-25-11)16-10-23-9-15(24-16)17-7-4-8-26(17)20(27)19-13(21)5-3-6-14(19)22/h3,5-6,9-10,17H,4,7-8H2,1-2H3/t17-/m0/s1. The Morgan fingerprint density at radius 3 is 2.64 bits per heavy atom. The molecule has 1 atom stereocenters. The zero-order valence-electron chi connectivity index (χ0n) is 15.4. The van der Waals surface area contributed by atoms with Crippen molar-refractivity contribution in [2.24, 2.45) is 0 Å². The van der Waals surface area contributed by atoms with Gasteiger partial charge in [-0.25, -0.2) is 13.8 Å². The molecule has 1 amide bonds. The van der Waals surface area contributed by atoms with Gasteiger partial charge >= 0.3 is 0 Å². The van der Waals surface area contributed by atoms with E-state index in [1.54, 1.807) is 19.3 Å². The summed E-state index contributed by atoms with van der Waals surface area (Å²) >= 11 is 0. The lowest BCUT2D eigenvalue weighted by Gasteiger charge is -2.24. The smallest absolute Gasteiger partial charge is 0.260 e. The van der Waals surface area contributed by atoms with Crippen LogP contribution in [0.4, 0.5) is 8.78 Å². The Bertz CT molecular complexity index is 1010. The Hall–Kier alpha value is -3.16. The summed E-state index contributed by atoms with van der Waals surface area (Å²) in [5.41, 5.74) is 2.07. The van der Waals surface area contributed by atoms with Gasteiger partial charge in [0.2, 0.25) is 0 Å². The van der Waals surface area contributed by atoms with Crippen molar-refractivity contribution in [2.45, 2.75) is 32.7 Å². The first kappa shape index (κ1) is 18.2. The van der Waals surface area contributed by atoms with Gasteiger partial charge in [0.15, 0.2) is 0 Å². The summed E-state index contributed by atoms with van der Waals surface area (Å²) in [6.07, 6.45) is 4.54. The summed E-state index contributed by atoms with van der Waals surface area (Å²) in [5, 5.41) is 3.93. The third kappa shape index (κ3) is 3.04. The lowest BCUT2D eigenvalue weighted by Crippen LogP contribution is -2.32. The zero-order chi connectivity index (χ0) is 19.8. The van der Waals surface area contributed by atoms with E-state index in [0.29, 0.717) is 42.2 Å². The molecule has 1 fully saturated rings. The fourth-order valence-electron chi connectivity index (χ4n) is 3.67. The highest BCUT2D eigenvalue weighted by Gasteiger charge is 2.34. The van der Waals surface area contributed by atoms with Gasteiger partial charge in [0.25, 0.3) is 5.91 Å². The van der Waals surface area contributed by atoms with Gasteiger partial charge in [-0.05, 0) is 38.8 Å². The van der Waals surface area contributed by atoms with Crippen LogP contribution < -0.4 is 0 Å². The number of nitrogens with zero attached hydrogens (tertiary/aromatic N) is 4. The second-order valence-corrected chi connectivity index (χ2v) is 6.78. The number of carbonyl (C=O) groups excluding carboxylic acids is 1. The molecule has 8 heteroatoms. The van der Waals surface area contributed by atoms with Gasteiger partial charge in [0.05, 0.1) is 41.1 Å². The minimum absolute atomic E-state index is 0.397. The largest absolute Gasteiger partial charge is 0.361 e. The molecule has 28 heavy (non-hydrogen) atoms. The monoisotopic (exact) mass is 384 g/mol. The Labute approximate surface area is 160 Å². The summed E-state index contributed by atoms with van der Waals surface area (Å²) in [6, 6.07) is 3.00. The first-order valence-electron chi connectivity index (χ1n) is 8.97. The molecule has 1 aromatic carbocycles. The van der Waals surface area contributed by atoms with Crippen LogP contribution in [0.3, 0.4) is 0 Å². The molecular formula is C20H18F2N4O2. The molecule has 1 aliphatic heterocycles. The van der Waals surface area contributed by atoms with Gasteiger partial charge in [0.1, 0.15) is 23.0 Å². The van der Waals surface area contributed by atoms with E-state index in [2.05, 4.69) is 15.1 Å². The Morgan fingerprint density at radius 2 is 1.96 bits per heavy atom. The topological polar surface area (TPSA) is 72.1 Å². The number of carbonyl (C=O) groups is 1. The van der Waals surface area contributed by atoms with E-state index in [4.69, 9.17) is 4.52 Å². The van der Waals surface area contributed by atoms with E-state index < -0.39 is 29.1 Å². The van der Waals surface area contributed by atoms with Crippen molar-refractivity contribution < 1.29 is 18.1 Å². The number of benzene rings is 1. The van der Waals surface area contributed by atoms with Crippen molar-refractivity contribution in [1.82, 2.24) is 20.0 Å². The van der Waals surface area contributed by atoms with E-state index in [1.807, 2.05) is 6.92 Å². The molecule has 1 aliphatic rings. The van der Waals surface area contributed by atoms with Crippen molar-refractivity contribution in [3.63, 3.8) is 0 Å². The Morgan fingerprint density at radius 1 is 1.21 bits per heavy atom. The van der Waals surface area contributed by atoms with Gasteiger partial charge in [-0.15, -0.1) is 0 Å². The van der Waals surface area contributed by atoms with E-state index >= 15 is 0 Å². The maximum atomic E-state index is 14.1. The molecule has 1 saturated heterocycles. The fraction of sp³-hybridized carbons (Fsp3) is 0.300. The number of halogens is 2. The van der Waals surface area contributed by atoms with E-state index in [9.17, 15) is 13.6 Å². The summed E-state index contributed by atoms with van der Waals surface area (Å²) in [5.74, 6) is -1.79. The fourth-order valence-corrected chi connectivity index (χ4v) is 3.67. The van der Waals surface area contributed by atoms with Crippen LogP contribution in [0.15, 0.2) is 35.1 Å². The van der Waals surface area contributed by atoms with Gasteiger partial charge < -0.3 is 9.42 Å². The minimum atomic E-state index is -0.869. The average molecular weight is 384 g/mol. The molecular weight excluding hydrogens is 366 g/mol.